The Bertz CT molecular complexity index is 1500. The summed E-state index contributed by atoms with van der Waals surface area (Å²) < 4.78 is 30.9. The lowest BCUT2D eigenvalue weighted by molar-refractivity contribution is -0.112. The highest BCUT2D eigenvalue weighted by molar-refractivity contribution is 7.87. The Morgan fingerprint density at radius 3 is 2.33 bits per heavy atom. The third kappa shape index (κ3) is 5.26. The molecular weight excluding hydrogens is 436 g/mol. The topological polar surface area (TPSA) is 96.3 Å². The van der Waals surface area contributed by atoms with Crippen LogP contribution in [0.5, 0.6) is 5.75 Å². The zero-order valence-corrected chi connectivity index (χ0v) is 18.1. The van der Waals surface area contributed by atoms with Crippen LogP contribution in [0.2, 0.25) is 0 Å². The van der Waals surface area contributed by atoms with E-state index in [0.717, 1.165) is 10.8 Å². The number of para-hydroxylation sites is 1. The minimum Gasteiger partial charge on any atom is -0.379 e. The zero-order valence-electron chi connectivity index (χ0n) is 17.3. The molecule has 0 bridgehead atoms. The fourth-order valence-electron chi connectivity index (χ4n) is 3.19. The van der Waals surface area contributed by atoms with Crippen LogP contribution in [0.1, 0.15) is 5.56 Å². The van der Waals surface area contributed by atoms with Gasteiger partial charge in [0.1, 0.15) is 22.3 Å². The summed E-state index contributed by atoms with van der Waals surface area (Å²) in [4.78, 5) is 12.5. The first kappa shape index (κ1) is 21.8. The van der Waals surface area contributed by atoms with Gasteiger partial charge in [0.15, 0.2) is 0 Å². The van der Waals surface area contributed by atoms with Crippen molar-refractivity contribution in [1.29, 1.82) is 5.26 Å². The predicted octanol–water partition coefficient (Wildman–Crippen LogP) is 5.15. The largest absolute Gasteiger partial charge is 0.379 e. The lowest BCUT2D eigenvalue weighted by atomic mass is 10.1. The second-order valence-corrected chi connectivity index (χ2v) is 8.66. The molecule has 0 atom stereocenters. The van der Waals surface area contributed by atoms with E-state index in [4.69, 9.17) is 4.18 Å². The molecule has 6 nitrogen and oxygen atoms in total. The first-order valence-electron chi connectivity index (χ1n) is 9.96. The number of rotatable bonds is 6. The highest BCUT2D eigenvalue weighted by Gasteiger charge is 2.17. The van der Waals surface area contributed by atoms with Crippen LogP contribution < -0.4 is 9.50 Å². The molecule has 0 saturated heterocycles. The third-order valence-electron chi connectivity index (χ3n) is 4.78. The van der Waals surface area contributed by atoms with Crippen LogP contribution in [0.25, 0.3) is 16.8 Å². The molecule has 0 heterocycles. The molecule has 0 unspecified atom stereocenters. The van der Waals surface area contributed by atoms with Gasteiger partial charge in [0.2, 0.25) is 0 Å². The number of amides is 1. The van der Waals surface area contributed by atoms with Crippen LogP contribution in [0.4, 0.5) is 5.69 Å². The molecule has 4 aromatic carbocycles. The van der Waals surface area contributed by atoms with Crippen LogP contribution in [-0.2, 0) is 14.9 Å². The average Bonchev–Trinajstić information content (AvgIpc) is 2.82. The number of hydrogen-bond donors (Lipinski definition) is 1. The molecule has 1 N–H and O–H groups in total. The number of benzene rings is 4. The molecule has 0 saturated carbocycles. The van der Waals surface area contributed by atoms with Crippen molar-refractivity contribution in [3.05, 3.63) is 108 Å². The number of carbonyl (C=O) groups excluding carboxylic acids is 1. The summed E-state index contributed by atoms with van der Waals surface area (Å²) in [6.45, 7) is 0. The van der Waals surface area contributed by atoms with Gasteiger partial charge in [-0.05, 0) is 58.8 Å². The quantitative estimate of drug-likeness (QED) is 0.247. The zero-order chi connectivity index (χ0) is 23.3. The van der Waals surface area contributed by atoms with Gasteiger partial charge in [0, 0.05) is 5.69 Å². The summed E-state index contributed by atoms with van der Waals surface area (Å²) >= 11 is 0. The highest BCUT2D eigenvalue weighted by atomic mass is 32.2. The van der Waals surface area contributed by atoms with Gasteiger partial charge in [-0.2, -0.15) is 13.7 Å². The van der Waals surface area contributed by atoms with Crippen LogP contribution in [0.15, 0.2) is 108 Å². The van der Waals surface area contributed by atoms with Crippen molar-refractivity contribution in [1.82, 2.24) is 0 Å². The van der Waals surface area contributed by atoms with Gasteiger partial charge in [-0.3, -0.25) is 4.79 Å². The Morgan fingerprint density at radius 2 is 1.58 bits per heavy atom. The van der Waals surface area contributed by atoms with Crippen molar-refractivity contribution in [3.63, 3.8) is 0 Å². The number of anilines is 1. The second kappa shape index (κ2) is 9.39. The van der Waals surface area contributed by atoms with Gasteiger partial charge < -0.3 is 9.50 Å². The summed E-state index contributed by atoms with van der Waals surface area (Å²) in [5, 5.41) is 13.8. The molecule has 0 radical (unpaired) electrons. The molecular formula is C26H18N2O4S. The van der Waals surface area contributed by atoms with E-state index in [1.807, 2.05) is 36.4 Å². The third-order valence-corrected chi connectivity index (χ3v) is 6.02. The van der Waals surface area contributed by atoms with Crippen molar-refractivity contribution in [2.45, 2.75) is 4.90 Å². The molecule has 0 aliphatic carbocycles. The molecule has 162 valence electrons. The van der Waals surface area contributed by atoms with Crippen molar-refractivity contribution >= 4 is 38.6 Å². The first-order valence-corrected chi connectivity index (χ1v) is 11.4. The van der Waals surface area contributed by atoms with Gasteiger partial charge >= 0.3 is 10.1 Å². The molecule has 4 rings (SSSR count). The molecule has 0 aliphatic heterocycles. The maximum atomic E-state index is 12.8. The first-order chi connectivity index (χ1) is 15.9. The Kier molecular flexibility index (Phi) is 6.20. The standard InChI is InChI=1S/C26H18N2O4S/c27-18-22(26(29)28-23-10-2-1-3-11-23)15-19-7-6-12-24(16-19)32-33(30,31)25-14-13-20-8-4-5-9-21(20)17-25/h1-17H,(H,28,29)/b22-15+. The summed E-state index contributed by atoms with van der Waals surface area (Å²) in [7, 11) is -4.08. The minimum atomic E-state index is -4.08. The summed E-state index contributed by atoms with van der Waals surface area (Å²) in [6, 6.07) is 29.0. The molecule has 0 aromatic heterocycles. The normalized spacial score (nSPS) is 11.5. The van der Waals surface area contributed by atoms with Crippen molar-refractivity contribution in [3.8, 4) is 11.8 Å². The van der Waals surface area contributed by atoms with E-state index < -0.39 is 16.0 Å². The summed E-state index contributed by atoms with van der Waals surface area (Å²) in [6.07, 6.45) is 1.37. The highest BCUT2D eigenvalue weighted by Crippen LogP contribution is 2.24. The predicted molar refractivity (Wildman–Crippen MR) is 127 cm³/mol. The number of fused-ring (bicyclic) bond motifs is 1. The molecule has 0 aliphatic rings. The van der Waals surface area contributed by atoms with Crippen LogP contribution in [0, 0.1) is 11.3 Å². The van der Waals surface area contributed by atoms with Crippen LogP contribution in [-0.4, -0.2) is 14.3 Å². The van der Waals surface area contributed by atoms with Gasteiger partial charge in [0.05, 0.1) is 0 Å². The SMILES string of the molecule is N#C/C(=C\c1cccc(OS(=O)(=O)c2ccc3ccccc3c2)c1)C(=O)Nc1ccccc1. The van der Waals surface area contributed by atoms with Crippen molar-refractivity contribution in [2.75, 3.05) is 5.32 Å². The number of nitriles is 1. The fourth-order valence-corrected chi connectivity index (χ4v) is 4.15. The molecule has 4 aromatic rings. The van der Waals surface area contributed by atoms with E-state index >= 15 is 0 Å². The van der Waals surface area contributed by atoms with E-state index in [2.05, 4.69) is 5.32 Å². The molecule has 1 amide bonds. The van der Waals surface area contributed by atoms with Gasteiger partial charge in [-0.1, -0.05) is 60.7 Å². The van der Waals surface area contributed by atoms with Crippen molar-refractivity contribution < 1.29 is 17.4 Å². The Morgan fingerprint density at radius 1 is 0.848 bits per heavy atom. The van der Waals surface area contributed by atoms with E-state index in [1.165, 1.54) is 24.3 Å². The average molecular weight is 455 g/mol. The summed E-state index contributed by atoms with van der Waals surface area (Å²) in [5.74, 6) is -0.503. The smallest absolute Gasteiger partial charge is 0.339 e. The van der Waals surface area contributed by atoms with E-state index in [9.17, 15) is 18.5 Å². The Balaban J connectivity index is 1.56. The second-order valence-electron chi connectivity index (χ2n) is 7.11. The molecule has 0 spiro atoms. The number of carbonyl (C=O) groups is 1. The maximum Gasteiger partial charge on any atom is 0.339 e. The van der Waals surface area contributed by atoms with Crippen LogP contribution >= 0.6 is 0 Å². The number of nitrogens with one attached hydrogen (secondary N) is 1. The van der Waals surface area contributed by atoms with E-state index in [1.54, 1.807) is 48.5 Å². The summed E-state index contributed by atoms with van der Waals surface area (Å²) in [5.41, 5.74) is 0.872. The van der Waals surface area contributed by atoms with Gasteiger partial charge in [0.25, 0.3) is 5.91 Å². The van der Waals surface area contributed by atoms with E-state index in [-0.39, 0.29) is 16.2 Å². The van der Waals surface area contributed by atoms with Crippen molar-refractivity contribution in [2.24, 2.45) is 0 Å². The monoisotopic (exact) mass is 454 g/mol. The van der Waals surface area contributed by atoms with Gasteiger partial charge in [-0.15, -0.1) is 0 Å². The maximum absolute atomic E-state index is 12.8. The Labute approximate surface area is 191 Å². The molecule has 0 fully saturated rings. The van der Waals surface area contributed by atoms with Gasteiger partial charge in [-0.25, -0.2) is 0 Å². The number of nitrogens with zero attached hydrogens (tertiary/aromatic N) is 1. The van der Waals surface area contributed by atoms with E-state index in [0.29, 0.717) is 11.3 Å². The molecule has 7 heteroatoms. The molecule has 33 heavy (non-hydrogen) atoms. The lowest BCUT2D eigenvalue weighted by Crippen LogP contribution is -2.13. The lowest BCUT2D eigenvalue weighted by Gasteiger charge is -2.09. The minimum absolute atomic E-state index is 0.0297. The number of hydrogen-bond acceptors (Lipinski definition) is 5. The Hall–Kier alpha value is -4.41. The fraction of sp³-hybridized carbons (Fsp3) is 0. The van der Waals surface area contributed by atoms with Crippen LogP contribution in [0.3, 0.4) is 0 Å².